The second-order valence-corrected chi connectivity index (χ2v) is 7.36. The van der Waals surface area contributed by atoms with Gasteiger partial charge < -0.3 is 10.6 Å². The van der Waals surface area contributed by atoms with Gasteiger partial charge in [0.15, 0.2) is 11.6 Å². The van der Waals surface area contributed by atoms with Gasteiger partial charge >= 0.3 is 0 Å². The monoisotopic (exact) mass is 358 g/mol. The normalized spacial score (nSPS) is 17.9. The molecule has 2 saturated carbocycles. The summed E-state index contributed by atoms with van der Waals surface area (Å²) in [7, 11) is 0. The van der Waals surface area contributed by atoms with Crippen molar-refractivity contribution in [1.29, 1.82) is 0 Å². The Bertz CT molecular complexity index is 770. The number of hydrogen-bond acceptors (Lipinski definition) is 4. The molecule has 0 saturated heterocycles. The van der Waals surface area contributed by atoms with Gasteiger partial charge in [-0.05, 0) is 43.4 Å². The lowest BCUT2D eigenvalue weighted by Crippen LogP contribution is -2.24. The van der Waals surface area contributed by atoms with E-state index in [1.165, 1.54) is 38.2 Å². The van der Waals surface area contributed by atoms with Crippen LogP contribution in [0.5, 0.6) is 0 Å². The smallest absolute Gasteiger partial charge is 0.225 e. The fourth-order valence-corrected chi connectivity index (χ4v) is 3.48. The van der Waals surface area contributed by atoms with Crippen molar-refractivity contribution in [2.75, 3.05) is 10.6 Å². The lowest BCUT2D eigenvalue weighted by atomic mass is 9.96. The first-order chi connectivity index (χ1) is 12.7. The third-order valence-corrected chi connectivity index (χ3v) is 5.14. The minimum atomic E-state index is -0.828. The van der Waals surface area contributed by atoms with Crippen LogP contribution in [0.25, 0.3) is 0 Å². The van der Waals surface area contributed by atoms with E-state index in [4.69, 9.17) is 4.98 Å². The van der Waals surface area contributed by atoms with Crippen molar-refractivity contribution in [1.82, 2.24) is 9.97 Å². The maximum atomic E-state index is 13.4. The fraction of sp³-hybridized carbons (Fsp3) is 0.500. The number of rotatable bonds is 6. The van der Waals surface area contributed by atoms with Gasteiger partial charge in [-0.3, -0.25) is 0 Å². The van der Waals surface area contributed by atoms with E-state index in [0.717, 1.165) is 30.4 Å². The van der Waals surface area contributed by atoms with Crippen LogP contribution in [0.2, 0.25) is 0 Å². The van der Waals surface area contributed by atoms with E-state index >= 15 is 0 Å². The van der Waals surface area contributed by atoms with Crippen LogP contribution in [0, 0.1) is 11.6 Å². The molecule has 1 aromatic carbocycles. The minimum Gasteiger partial charge on any atom is -0.366 e. The summed E-state index contributed by atoms with van der Waals surface area (Å²) in [5.41, 5.74) is 1.74. The Hall–Kier alpha value is -2.24. The molecule has 4 rings (SSSR count). The first kappa shape index (κ1) is 17.2. The summed E-state index contributed by atoms with van der Waals surface area (Å²) >= 11 is 0. The van der Waals surface area contributed by atoms with Crippen LogP contribution in [0.1, 0.15) is 62.1 Å². The number of aromatic nitrogens is 2. The molecule has 0 amide bonds. The highest BCUT2D eigenvalue weighted by molar-refractivity contribution is 5.45. The van der Waals surface area contributed by atoms with E-state index in [-0.39, 0.29) is 0 Å². The zero-order valence-electron chi connectivity index (χ0n) is 14.8. The molecule has 1 heterocycles. The summed E-state index contributed by atoms with van der Waals surface area (Å²) in [6.45, 7) is 0.390. The minimum absolute atomic E-state index is 0.390. The molecule has 0 radical (unpaired) electrons. The van der Waals surface area contributed by atoms with Crippen molar-refractivity contribution in [2.24, 2.45) is 0 Å². The summed E-state index contributed by atoms with van der Waals surface area (Å²) in [4.78, 5) is 9.29. The van der Waals surface area contributed by atoms with E-state index in [1.54, 1.807) is 6.07 Å². The first-order valence-electron chi connectivity index (χ1n) is 9.51. The van der Waals surface area contributed by atoms with Gasteiger partial charge in [0.1, 0.15) is 5.82 Å². The van der Waals surface area contributed by atoms with Gasteiger partial charge in [-0.15, -0.1) is 0 Å². The summed E-state index contributed by atoms with van der Waals surface area (Å²) < 4.78 is 26.4. The zero-order chi connectivity index (χ0) is 17.9. The lowest BCUT2D eigenvalue weighted by Gasteiger charge is -2.23. The van der Waals surface area contributed by atoms with Gasteiger partial charge in [-0.25, -0.2) is 13.8 Å². The summed E-state index contributed by atoms with van der Waals surface area (Å²) in [6.07, 6.45) is 8.47. The molecule has 0 bridgehead atoms. The maximum Gasteiger partial charge on any atom is 0.225 e. The third-order valence-electron chi connectivity index (χ3n) is 5.14. The van der Waals surface area contributed by atoms with Crippen molar-refractivity contribution in [2.45, 2.75) is 63.5 Å². The topological polar surface area (TPSA) is 49.8 Å². The Balaban J connectivity index is 1.47. The van der Waals surface area contributed by atoms with Crippen LogP contribution in [0.3, 0.4) is 0 Å². The van der Waals surface area contributed by atoms with Crippen molar-refractivity contribution in [3.8, 4) is 0 Å². The number of nitrogens with zero attached hydrogens (tertiary/aromatic N) is 2. The molecule has 0 spiro atoms. The van der Waals surface area contributed by atoms with Gasteiger partial charge in [0.2, 0.25) is 5.95 Å². The summed E-state index contributed by atoms with van der Waals surface area (Å²) in [6, 6.07) is 6.36. The fourth-order valence-electron chi connectivity index (χ4n) is 3.48. The van der Waals surface area contributed by atoms with Gasteiger partial charge in [-0.2, -0.15) is 4.98 Å². The summed E-state index contributed by atoms with van der Waals surface area (Å²) in [5.74, 6) is 0.267. The first-order valence-corrected chi connectivity index (χ1v) is 9.51. The molecular formula is C20H24F2N4. The van der Waals surface area contributed by atoms with Crippen LogP contribution in [-0.4, -0.2) is 16.0 Å². The SMILES string of the molecule is Fc1ccc(CNc2cc(C3CC3)nc(NC3CCCCC3)n2)cc1F. The number of nitrogens with one attached hydrogen (secondary N) is 2. The van der Waals surface area contributed by atoms with E-state index < -0.39 is 11.6 Å². The molecule has 138 valence electrons. The Kier molecular flexibility index (Phi) is 5.00. The van der Waals surface area contributed by atoms with Crippen LogP contribution in [0.15, 0.2) is 24.3 Å². The van der Waals surface area contributed by atoms with E-state index in [2.05, 4.69) is 15.6 Å². The van der Waals surface area contributed by atoms with Crippen LogP contribution < -0.4 is 10.6 Å². The quantitative estimate of drug-likeness (QED) is 0.764. The number of hydrogen-bond donors (Lipinski definition) is 2. The van der Waals surface area contributed by atoms with Crippen LogP contribution in [0.4, 0.5) is 20.5 Å². The molecule has 0 aliphatic heterocycles. The Labute approximate surface area is 152 Å². The molecule has 2 aliphatic rings. The van der Waals surface area contributed by atoms with Crippen molar-refractivity contribution >= 4 is 11.8 Å². The van der Waals surface area contributed by atoms with Crippen molar-refractivity contribution < 1.29 is 8.78 Å². The predicted molar refractivity (Wildman–Crippen MR) is 98.2 cm³/mol. The molecule has 1 aromatic heterocycles. The average molecular weight is 358 g/mol. The molecule has 6 heteroatoms. The van der Waals surface area contributed by atoms with E-state index in [1.807, 2.05) is 6.07 Å². The number of anilines is 2. The van der Waals surface area contributed by atoms with Crippen LogP contribution in [-0.2, 0) is 6.54 Å². The Morgan fingerprint density at radius 2 is 1.73 bits per heavy atom. The molecule has 0 atom stereocenters. The number of halogens is 2. The standard InChI is InChI=1S/C20H24F2N4/c21-16-9-6-13(10-17(16)22)12-23-19-11-18(14-7-8-14)25-20(26-19)24-15-4-2-1-3-5-15/h6,9-11,14-15H,1-5,7-8,12H2,(H2,23,24,25,26). The Morgan fingerprint density at radius 1 is 0.923 bits per heavy atom. The molecule has 2 aromatic rings. The van der Waals surface area contributed by atoms with Gasteiger partial charge in [-0.1, -0.05) is 25.3 Å². The second-order valence-electron chi connectivity index (χ2n) is 7.36. The zero-order valence-corrected chi connectivity index (χ0v) is 14.8. The highest BCUT2D eigenvalue weighted by Crippen LogP contribution is 2.40. The van der Waals surface area contributed by atoms with E-state index in [0.29, 0.717) is 30.0 Å². The van der Waals surface area contributed by atoms with Gasteiger partial charge in [0, 0.05) is 24.6 Å². The molecule has 2 fully saturated rings. The van der Waals surface area contributed by atoms with Crippen molar-refractivity contribution in [3.63, 3.8) is 0 Å². The van der Waals surface area contributed by atoms with E-state index in [9.17, 15) is 8.78 Å². The third kappa shape index (κ3) is 4.29. The van der Waals surface area contributed by atoms with Crippen LogP contribution >= 0.6 is 0 Å². The molecular weight excluding hydrogens is 334 g/mol. The molecule has 0 unspecified atom stereocenters. The Morgan fingerprint density at radius 3 is 2.46 bits per heavy atom. The van der Waals surface area contributed by atoms with Crippen molar-refractivity contribution in [3.05, 3.63) is 47.2 Å². The second kappa shape index (κ2) is 7.56. The van der Waals surface area contributed by atoms with Gasteiger partial charge in [0.05, 0.1) is 5.69 Å². The molecule has 26 heavy (non-hydrogen) atoms. The maximum absolute atomic E-state index is 13.4. The average Bonchev–Trinajstić information content (AvgIpc) is 3.49. The molecule has 2 N–H and O–H groups in total. The molecule has 2 aliphatic carbocycles. The largest absolute Gasteiger partial charge is 0.366 e. The number of benzene rings is 1. The lowest BCUT2D eigenvalue weighted by molar-refractivity contribution is 0.460. The highest BCUT2D eigenvalue weighted by atomic mass is 19.2. The van der Waals surface area contributed by atoms with Gasteiger partial charge in [0.25, 0.3) is 0 Å². The summed E-state index contributed by atoms with van der Waals surface area (Å²) in [5, 5.41) is 6.72. The molecule has 4 nitrogen and oxygen atoms in total. The highest BCUT2D eigenvalue weighted by Gasteiger charge is 2.26. The predicted octanol–water partition coefficient (Wildman–Crippen LogP) is 4.99.